The molecule has 0 bridgehead atoms. The van der Waals surface area contributed by atoms with Gasteiger partial charge in [0.2, 0.25) is 5.82 Å². The Morgan fingerprint density at radius 3 is 1.91 bits per heavy atom. The summed E-state index contributed by atoms with van der Waals surface area (Å²) >= 11 is 0. The van der Waals surface area contributed by atoms with Gasteiger partial charge in [0.25, 0.3) is 0 Å². The molecule has 0 saturated heterocycles. The number of phenols is 1. The molecule has 0 aliphatic rings. The van der Waals surface area contributed by atoms with Crippen LogP contribution in [0.3, 0.4) is 0 Å². The number of phenolic OH excluding ortho intramolecular Hbond substituents is 1. The maximum absolute atomic E-state index is 13.5. The van der Waals surface area contributed by atoms with Crippen LogP contribution in [0.1, 0.15) is 16.7 Å². The number of halogens is 5. The number of anilines is 1. The molecular formula is C15H12F5NO. The van der Waals surface area contributed by atoms with Gasteiger partial charge in [0, 0.05) is 12.1 Å². The minimum Gasteiger partial charge on any atom is -0.507 e. The van der Waals surface area contributed by atoms with Gasteiger partial charge in [-0.25, -0.2) is 22.0 Å². The second-order valence-electron chi connectivity index (χ2n) is 4.89. The van der Waals surface area contributed by atoms with E-state index in [2.05, 4.69) is 5.32 Å². The van der Waals surface area contributed by atoms with Crippen molar-refractivity contribution in [3.63, 3.8) is 0 Å². The fourth-order valence-corrected chi connectivity index (χ4v) is 2.13. The monoisotopic (exact) mass is 317 g/mol. The fraction of sp³-hybridized carbons (Fsp3) is 0.200. The second kappa shape index (κ2) is 5.82. The van der Waals surface area contributed by atoms with E-state index in [-0.39, 0.29) is 17.9 Å². The lowest BCUT2D eigenvalue weighted by molar-refractivity contribution is 0.381. The first-order valence-electron chi connectivity index (χ1n) is 6.28. The van der Waals surface area contributed by atoms with Crippen LogP contribution >= 0.6 is 0 Å². The van der Waals surface area contributed by atoms with Crippen molar-refractivity contribution in [1.29, 1.82) is 0 Å². The Morgan fingerprint density at radius 1 is 0.864 bits per heavy atom. The molecule has 2 N–H and O–H groups in total. The van der Waals surface area contributed by atoms with E-state index in [4.69, 9.17) is 0 Å². The first kappa shape index (κ1) is 16.1. The molecule has 0 saturated carbocycles. The van der Waals surface area contributed by atoms with Crippen LogP contribution in [0.25, 0.3) is 0 Å². The van der Waals surface area contributed by atoms with Crippen molar-refractivity contribution in [3.8, 4) is 5.75 Å². The van der Waals surface area contributed by atoms with Crippen molar-refractivity contribution in [1.82, 2.24) is 0 Å². The van der Waals surface area contributed by atoms with E-state index in [1.807, 2.05) is 0 Å². The highest BCUT2D eigenvalue weighted by atomic mass is 19.2. The van der Waals surface area contributed by atoms with Gasteiger partial charge in [0.15, 0.2) is 23.3 Å². The molecule has 22 heavy (non-hydrogen) atoms. The average Bonchev–Trinajstić information content (AvgIpc) is 2.47. The molecule has 0 fully saturated rings. The van der Waals surface area contributed by atoms with E-state index < -0.39 is 34.8 Å². The quantitative estimate of drug-likeness (QED) is 0.502. The maximum atomic E-state index is 13.5. The minimum atomic E-state index is -2.21. The summed E-state index contributed by atoms with van der Waals surface area (Å²) in [6.45, 7) is 3.07. The van der Waals surface area contributed by atoms with Crippen molar-refractivity contribution in [3.05, 3.63) is 57.9 Å². The third-order valence-corrected chi connectivity index (χ3v) is 3.19. The van der Waals surface area contributed by atoms with Crippen LogP contribution in [0.4, 0.5) is 27.6 Å². The summed E-state index contributed by atoms with van der Waals surface area (Å²) in [5.41, 5.74) is 0.468. The Morgan fingerprint density at radius 2 is 1.36 bits per heavy atom. The SMILES string of the molecule is Cc1cc(C)c(O)c(CNc2c(F)c(F)c(F)c(F)c2F)c1. The predicted molar refractivity (Wildman–Crippen MR) is 71.1 cm³/mol. The molecule has 0 unspecified atom stereocenters. The summed E-state index contributed by atoms with van der Waals surface area (Å²) in [5.74, 6) is -10.3. The molecular weight excluding hydrogens is 305 g/mol. The van der Waals surface area contributed by atoms with Crippen LogP contribution in [0.15, 0.2) is 12.1 Å². The van der Waals surface area contributed by atoms with Gasteiger partial charge in [-0.1, -0.05) is 17.7 Å². The molecule has 0 aliphatic carbocycles. The van der Waals surface area contributed by atoms with Gasteiger partial charge in [0.05, 0.1) is 0 Å². The van der Waals surface area contributed by atoms with E-state index >= 15 is 0 Å². The van der Waals surface area contributed by atoms with Gasteiger partial charge in [-0.05, 0) is 19.4 Å². The number of hydrogen-bond acceptors (Lipinski definition) is 2. The number of rotatable bonds is 3. The first-order chi connectivity index (χ1) is 10.2. The lowest BCUT2D eigenvalue weighted by atomic mass is 10.1. The molecule has 0 radical (unpaired) electrons. The van der Waals surface area contributed by atoms with Gasteiger partial charge in [-0.3, -0.25) is 0 Å². The van der Waals surface area contributed by atoms with Crippen molar-refractivity contribution >= 4 is 5.69 Å². The molecule has 7 heteroatoms. The molecule has 2 aromatic carbocycles. The number of hydrogen-bond donors (Lipinski definition) is 2. The third kappa shape index (κ3) is 2.70. The largest absolute Gasteiger partial charge is 0.507 e. The van der Waals surface area contributed by atoms with Gasteiger partial charge in [-0.2, -0.15) is 0 Å². The Balaban J connectivity index is 2.38. The highest BCUT2D eigenvalue weighted by Gasteiger charge is 2.25. The normalized spacial score (nSPS) is 10.9. The highest BCUT2D eigenvalue weighted by molar-refractivity contribution is 5.50. The molecule has 0 amide bonds. The lowest BCUT2D eigenvalue weighted by Crippen LogP contribution is -2.10. The average molecular weight is 317 g/mol. The van der Waals surface area contributed by atoms with Crippen LogP contribution in [0.2, 0.25) is 0 Å². The van der Waals surface area contributed by atoms with Gasteiger partial charge in [0.1, 0.15) is 11.4 Å². The Hall–Kier alpha value is -2.31. The maximum Gasteiger partial charge on any atom is 0.200 e. The van der Waals surface area contributed by atoms with E-state index in [9.17, 15) is 27.1 Å². The minimum absolute atomic E-state index is 0.109. The van der Waals surface area contributed by atoms with Gasteiger partial charge in [-0.15, -0.1) is 0 Å². The molecule has 0 spiro atoms. The smallest absolute Gasteiger partial charge is 0.200 e. The number of aryl methyl sites for hydroxylation is 2. The van der Waals surface area contributed by atoms with E-state index in [0.29, 0.717) is 5.56 Å². The Kier molecular flexibility index (Phi) is 4.25. The summed E-state index contributed by atoms with van der Waals surface area (Å²) in [5, 5.41) is 12.0. The van der Waals surface area contributed by atoms with E-state index in [0.717, 1.165) is 5.56 Å². The molecule has 0 aliphatic heterocycles. The molecule has 2 aromatic rings. The molecule has 2 rings (SSSR count). The number of nitrogens with one attached hydrogen (secondary N) is 1. The predicted octanol–water partition coefficient (Wildman–Crippen LogP) is 4.32. The highest BCUT2D eigenvalue weighted by Crippen LogP contribution is 2.29. The summed E-state index contributed by atoms with van der Waals surface area (Å²) in [4.78, 5) is 0. The van der Waals surface area contributed by atoms with Crippen molar-refractivity contribution in [2.45, 2.75) is 20.4 Å². The van der Waals surface area contributed by atoms with Gasteiger partial charge >= 0.3 is 0 Å². The van der Waals surface area contributed by atoms with Crippen LogP contribution < -0.4 is 5.32 Å². The Bertz CT molecular complexity index is 716. The Labute approximate surface area is 123 Å². The molecule has 2 nitrogen and oxygen atoms in total. The van der Waals surface area contributed by atoms with E-state index in [1.54, 1.807) is 26.0 Å². The zero-order valence-electron chi connectivity index (χ0n) is 11.7. The van der Waals surface area contributed by atoms with Crippen LogP contribution in [-0.4, -0.2) is 5.11 Å². The standard InChI is InChI=1S/C15H12F5NO/c1-6-3-7(2)15(22)8(4-6)5-21-14-12(19)10(17)9(16)11(18)13(14)20/h3-4,21-22H,5H2,1-2H3. The molecule has 118 valence electrons. The first-order valence-corrected chi connectivity index (χ1v) is 6.28. The fourth-order valence-electron chi connectivity index (χ4n) is 2.13. The van der Waals surface area contributed by atoms with Gasteiger partial charge < -0.3 is 10.4 Å². The summed E-state index contributed by atoms with van der Waals surface area (Å²) in [6, 6.07) is 3.23. The number of benzene rings is 2. The third-order valence-electron chi connectivity index (χ3n) is 3.19. The van der Waals surface area contributed by atoms with E-state index in [1.165, 1.54) is 0 Å². The zero-order valence-corrected chi connectivity index (χ0v) is 11.7. The van der Waals surface area contributed by atoms with Crippen molar-refractivity contribution < 1.29 is 27.1 Å². The van der Waals surface area contributed by atoms with Crippen LogP contribution in [-0.2, 0) is 6.54 Å². The number of aromatic hydroxyl groups is 1. The van der Waals surface area contributed by atoms with Crippen LogP contribution in [0, 0.1) is 42.9 Å². The summed E-state index contributed by atoms with van der Waals surface area (Å²) < 4.78 is 66.1. The summed E-state index contributed by atoms with van der Waals surface area (Å²) in [7, 11) is 0. The molecule has 0 aromatic heterocycles. The lowest BCUT2D eigenvalue weighted by Gasteiger charge is -2.13. The second-order valence-corrected chi connectivity index (χ2v) is 4.89. The summed E-state index contributed by atoms with van der Waals surface area (Å²) in [6.07, 6.45) is 0. The van der Waals surface area contributed by atoms with Crippen molar-refractivity contribution in [2.75, 3.05) is 5.32 Å². The van der Waals surface area contributed by atoms with Crippen LogP contribution in [0.5, 0.6) is 5.75 Å². The molecule has 0 atom stereocenters. The van der Waals surface area contributed by atoms with Crippen molar-refractivity contribution in [2.24, 2.45) is 0 Å². The molecule has 0 heterocycles. The topological polar surface area (TPSA) is 32.3 Å². The zero-order chi connectivity index (χ0) is 16.6.